The van der Waals surface area contributed by atoms with Gasteiger partial charge in [-0.25, -0.2) is 9.67 Å². The van der Waals surface area contributed by atoms with Crippen molar-refractivity contribution >= 4 is 40.4 Å². The van der Waals surface area contributed by atoms with Crippen molar-refractivity contribution in [3.8, 4) is 23.0 Å². The van der Waals surface area contributed by atoms with Gasteiger partial charge in [-0.3, -0.25) is 4.79 Å². The third-order valence-corrected chi connectivity index (χ3v) is 8.68. The molecule has 0 radical (unpaired) electrons. The van der Waals surface area contributed by atoms with Crippen LogP contribution in [0.15, 0.2) is 48.7 Å². The van der Waals surface area contributed by atoms with Crippen molar-refractivity contribution in [2.24, 2.45) is 18.7 Å². The van der Waals surface area contributed by atoms with Crippen molar-refractivity contribution in [3.63, 3.8) is 0 Å². The number of methoxy groups -OCH3 is 2. The number of carbonyl (C=O) groups is 1. The molecular formula is C32H38ClN7O3. The Morgan fingerprint density at radius 2 is 1.86 bits per heavy atom. The zero-order chi connectivity index (χ0) is 29.0. The summed E-state index contributed by atoms with van der Waals surface area (Å²) in [6.45, 7) is 2.85. The minimum atomic E-state index is -0.0287. The monoisotopic (exact) mass is 603 g/mol. The second-order valence-corrected chi connectivity index (χ2v) is 11.7. The van der Waals surface area contributed by atoms with E-state index in [1.165, 1.54) is 12.8 Å². The zero-order valence-corrected chi connectivity index (χ0v) is 25.6. The van der Waals surface area contributed by atoms with Gasteiger partial charge in [0.2, 0.25) is 0 Å². The maximum atomic E-state index is 13.5. The number of carbonyl (C=O) groups excluding carboxylic acids is 1. The van der Waals surface area contributed by atoms with E-state index in [2.05, 4.69) is 32.0 Å². The number of likely N-dealkylation sites (tertiary alicyclic amines) is 1. The maximum absolute atomic E-state index is 13.5. The van der Waals surface area contributed by atoms with Gasteiger partial charge >= 0.3 is 0 Å². The number of piperidine rings is 1. The van der Waals surface area contributed by atoms with Crippen LogP contribution in [0.4, 0.5) is 0 Å². The number of nitrogens with two attached hydrogens (primary N) is 1. The Hall–Kier alpha value is -4.02. The summed E-state index contributed by atoms with van der Waals surface area (Å²) in [4.78, 5) is 20.4. The van der Waals surface area contributed by atoms with Crippen LogP contribution in [0.1, 0.15) is 41.6 Å². The summed E-state index contributed by atoms with van der Waals surface area (Å²) in [5.74, 6) is 2.92. The van der Waals surface area contributed by atoms with Crippen molar-refractivity contribution in [1.82, 2.24) is 28.8 Å². The Bertz CT molecular complexity index is 1780. The molecule has 2 aliphatic rings. The third kappa shape index (κ3) is 5.34. The summed E-state index contributed by atoms with van der Waals surface area (Å²) < 4.78 is 17.7. The van der Waals surface area contributed by atoms with Crippen LogP contribution in [-0.2, 0) is 20.1 Å². The predicted octanol–water partition coefficient (Wildman–Crippen LogP) is 4.85. The summed E-state index contributed by atoms with van der Waals surface area (Å²) in [7, 11) is 5.34. The second-order valence-electron chi connectivity index (χ2n) is 11.7. The summed E-state index contributed by atoms with van der Waals surface area (Å²) in [5, 5.41) is 5.84. The lowest BCUT2D eigenvalue weighted by Gasteiger charge is -2.30. The van der Waals surface area contributed by atoms with Gasteiger partial charge in [-0.1, -0.05) is 12.1 Å². The fraction of sp³-hybridized carbons (Fsp3) is 0.406. The van der Waals surface area contributed by atoms with E-state index < -0.39 is 0 Å². The van der Waals surface area contributed by atoms with Gasteiger partial charge in [-0.2, -0.15) is 5.10 Å². The standard InChI is InChI=1S/C32H37N7O3.ClH/c1-36-29-26(13-22(15-28(29)42-3)32(40)37-12-4-5-24(33)19-37)35-30(36)27-14-23-16-34-39(31(23)38(27)17-20-6-7-20)18-21-8-10-25(41-2)11-9-21;/h8-11,13-16,20,24H,4-7,12,17-19,33H2,1-3H3;1H. The van der Waals surface area contributed by atoms with Crippen LogP contribution in [0.2, 0.25) is 0 Å². The SMILES string of the molecule is COc1ccc(Cn2ncc3cc(-c4nc5cc(C(=O)N6CCCC(N)C6)cc(OC)c5n4C)n(CC4CC4)c32)cc1.Cl. The minimum absolute atomic E-state index is 0. The van der Waals surface area contributed by atoms with Gasteiger partial charge < -0.3 is 29.2 Å². The van der Waals surface area contributed by atoms with Crippen LogP contribution >= 0.6 is 12.4 Å². The van der Waals surface area contributed by atoms with Crippen LogP contribution in [0.3, 0.4) is 0 Å². The number of hydrogen-bond acceptors (Lipinski definition) is 6. The number of nitrogens with zero attached hydrogens (tertiary/aromatic N) is 6. The van der Waals surface area contributed by atoms with E-state index in [4.69, 9.17) is 25.3 Å². The number of imidazole rings is 1. The highest BCUT2D eigenvalue weighted by Gasteiger charge is 2.29. The van der Waals surface area contributed by atoms with Gasteiger partial charge in [0.25, 0.3) is 5.91 Å². The molecule has 0 spiro atoms. The summed E-state index contributed by atoms with van der Waals surface area (Å²) >= 11 is 0. The number of hydrogen-bond donors (Lipinski definition) is 1. The van der Waals surface area contributed by atoms with E-state index in [-0.39, 0.29) is 24.4 Å². The minimum Gasteiger partial charge on any atom is -0.497 e. The Morgan fingerprint density at radius 3 is 2.56 bits per heavy atom. The molecule has 1 aliphatic heterocycles. The lowest BCUT2D eigenvalue weighted by atomic mass is 10.0. The first-order valence-corrected chi connectivity index (χ1v) is 14.7. The number of aryl methyl sites for hydroxylation is 1. The Kier molecular flexibility index (Phi) is 7.83. The zero-order valence-electron chi connectivity index (χ0n) is 24.8. The maximum Gasteiger partial charge on any atom is 0.254 e. The molecular weight excluding hydrogens is 566 g/mol. The van der Waals surface area contributed by atoms with Crippen molar-refractivity contribution < 1.29 is 14.3 Å². The number of rotatable bonds is 8. The summed E-state index contributed by atoms with van der Waals surface area (Å²) in [6.07, 6.45) is 6.26. The van der Waals surface area contributed by atoms with Gasteiger partial charge in [-0.05, 0) is 67.5 Å². The van der Waals surface area contributed by atoms with Crippen LogP contribution in [-0.4, -0.2) is 68.1 Å². The first-order valence-electron chi connectivity index (χ1n) is 14.7. The first kappa shape index (κ1) is 29.1. The fourth-order valence-corrected chi connectivity index (χ4v) is 6.27. The van der Waals surface area contributed by atoms with Crippen molar-refractivity contribution in [2.75, 3.05) is 27.3 Å². The van der Waals surface area contributed by atoms with Crippen LogP contribution in [0, 0.1) is 5.92 Å². The molecule has 1 aliphatic carbocycles. The summed E-state index contributed by atoms with van der Waals surface area (Å²) in [5.41, 5.74) is 11.6. The lowest BCUT2D eigenvalue weighted by molar-refractivity contribution is 0.0708. The molecule has 4 heterocycles. The Balaban J connectivity index is 0.00000329. The molecule has 1 saturated carbocycles. The van der Waals surface area contributed by atoms with Gasteiger partial charge in [0.05, 0.1) is 38.2 Å². The highest BCUT2D eigenvalue weighted by Crippen LogP contribution is 2.38. The smallest absolute Gasteiger partial charge is 0.254 e. The van der Waals surface area contributed by atoms with Gasteiger partial charge in [-0.15, -0.1) is 12.4 Å². The van der Waals surface area contributed by atoms with Crippen LogP contribution < -0.4 is 15.2 Å². The first-order chi connectivity index (χ1) is 20.4. The number of amides is 1. The van der Waals surface area contributed by atoms with Crippen LogP contribution in [0.25, 0.3) is 33.6 Å². The number of halogens is 1. The lowest BCUT2D eigenvalue weighted by Crippen LogP contribution is -2.45. The van der Waals surface area contributed by atoms with E-state index in [1.807, 2.05) is 42.4 Å². The van der Waals surface area contributed by atoms with E-state index in [9.17, 15) is 4.79 Å². The van der Waals surface area contributed by atoms with E-state index >= 15 is 0 Å². The Labute approximate surface area is 256 Å². The topological polar surface area (TPSA) is 105 Å². The van der Waals surface area contributed by atoms with Crippen molar-refractivity contribution in [2.45, 2.75) is 44.8 Å². The molecule has 10 nitrogen and oxygen atoms in total. The molecule has 2 aromatic carbocycles. The average molecular weight is 604 g/mol. The molecule has 1 saturated heterocycles. The molecule has 3 aromatic heterocycles. The molecule has 11 heteroatoms. The highest BCUT2D eigenvalue weighted by atomic mass is 35.5. The normalized spacial score (nSPS) is 16.9. The highest BCUT2D eigenvalue weighted by molar-refractivity contribution is 6.00. The average Bonchev–Trinajstić information content (AvgIpc) is 3.51. The molecule has 0 bridgehead atoms. The molecule has 1 unspecified atom stereocenters. The molecule has 43 heavy (non-hydrogen) atoms. The van der Waals surface area contributed by atoms with Crippen molar-refractivity contribution in [3.05, 3.63) is 59.8 Å². The predicted molar refractivity (Wildman–Crippen MR) is 169 cm³/mol. The second kappa shape index (κ2) is 11.6. The van der Waals surface area contributed by atoms with E-state index in [0.717, 1.165) is 70.8 Å². The summed E-state index contributed by atoms with van der Waals surface area (Å²) in [6, 6.07) is 14.1. The largest absolute Gasteiger partial charge is 0.497 e. The number of aromatic nitrogens is 5. The van der Waals surface area contributed by atoms with Gasteiger partial charge in [0.15, 0.2) is 5.82 Å². The quantitative estimate of drug-likeness (QED) is 0.272. The third-order valence-electron chi connectivity index (χ3n) is 8.68. The van der Waals surface area contributed by atoms with Gasteiger partial charge in [0, 0.05) is 43.7 Å². The van der Waals surface area contributed by atoms with E-state index in [1.54, 1.807) is 14.2 Å². The van der Waals surface area contributed by atoms with Gasteiger partial charge in [0.1, 0.15) is 22.7 Å². The molecule has 226 valence electrons. The molecule has 7 rings (SSSR count). The number of ether oxygens (including phenoxy) is 2. The Morgan fingerprint density at radius 1 is 1.07 bits per heavy atom. The number of benzene rings is 2. The molecule has 1 amide bonds. The van der Waals surface area contributed by atoms with E-state index in [0.29, 0.717) is 30.3 Å². The fourth-order valence-electron chi connectivity index (χ4n) is 6.27. The van der Waals surface area contributed by atoms with Crippen molar-refractivity contribution in [1.29, 1.82) is 0 Å². The molecule has 5 aromatic rings. The van der Waals surface area contributed by atoms with Crippen LogP contribution in [0.5, 0.6) is 11.5 Å². The molecule has 1 atom stereocenters. The molecule has 2 fully saturated rings. The number of fused-ring (bicyclic) bond motifs is 2. The molecule has 2 N–H and O–H groups in total.